The number of nitrogens with one attached hydrogen (secondary N) is 2. The van der Waals surface area contributed by atoms with Crippen LogP contribution in [-0.4, -0.2) is 17.6 Å². The summed E-state index contributed by atoms with van der Waals surface area (Å²) in [5, 5.41) is 4.50. The lowest BCUT2D eigenvalue weighted by molar-refractivity contribution is -0.0529. The van der Waals surface area contributed by atoms with Crippen LogP contribution in [0.25, 0.3) is 0 Å². The van der Waals surface area contributed by atoms with Crippen molar-refractivity contribution in [2.75, 3.05) is 5.32 Å². The lowest BCUT2D eigenvalue weighted by atomic mass is 10.2. The molecule has 0 aliphatic heterocycles. The molecule has 0 radical (unpaired) electrons. The number of benzene rings is 1. The monoisotopic (exact) mass is 329 g/mol. The summed E-state index contributed by atoms with van der Waals surface area (Å²) in [6.45, 7) is -3.06. The van der Waals surface area contributed by atoms with Gasteiger partial charge in [0.05, 0.1) is 5.69 Å². The van der Waals surface area contributed by atoms with Crippen molar-refractivity contribution in [3.8, 4) is 5.88 Å². The highest BCUT2D eigenvalue weighted by atomic mass is 19.3. The third-order valence-corrected chi connectivity index (χ3v) is 2.66. The number of pyridine rings is 1. The zero-order chi connectivity index (χ0) is 16.8. The van der Waals surface area contributed by atoms with Gasteiger partial charge in [-0.25, -0.2) is 18.6 Å². The molecule has 0 atom stereocenters. The Bertz CT molecular complexity index is 697. The van der Waals surface area contributed by atoms with E-state index in [-0.39, 0.29) is 18.1 Å². The van der Waals surface area contributed by atoms with Crippen LogP contribution in [0.2, 0.25) is 0 Å². The van der Waals surface area contributed by atoms with Gasteiger partial charge in [-0.1, -0.05) is 6.07 Å². The summed E-state index contributed by atoms with van der Waals surface area (Å²) in [4.78, 5) is 15.2. The molecule has 122 valence electrons. The number of ether oxygens (including phenoxy) is 1. The van der Waals surface area contributed by atoms with Crippen molar-refractivity contribution >= 4 is 11.7 Å². The molecule has 0 bridgehead atoms. The molecule has 5 nitrogen and oxygen atoms in total. The van der Waals surface area contributed by atoms with E-state index in [1.54, 1.807) is 0 Å². The maximum absolute atomic E-state index is 13.4. The van der Waals surface area contributed by atoms with Gasteiger partial charge in [-0.15, -0.1) is 0 Å². The maximum atomic E-state index is 13.4. The number of carbonyl (C=O) groups excluding carboxylic acids is 1. The second kappa shape index (κ2) is 7.43. The minimum atomic E-state index is -3.01. The molecular formula is C14H11F4N3O2. The van der Waals surface area contributed by atoms with Crippen molar-refractivity contribution in [3.05, 3.63) is 53.7 Å². The van der Waals surface area contributed by atoms with Crippen LogP contribution in [0.1, 0.15) is 5.56 Å². The van der Waals surface area contributed by atoms with Gasteiger partial charge in [0.2, 0.25) is 5.88 Å². The van der Waals surface area contributed by atoms with Gasteiger partial charge in [0.25, 0.3) is 0 Å². The summed E-state index contributed by atoms with van der Waals surface area (Å²) in [7, 11) is 0. The van der Waals surface area contributed by atoms with Gasteiger partial charge in [0, 0.05) is 18.8 Å². The van der Waals surface area contributed by atoms with Crippen LogP contribution in [0.3, 0.4) is 0 Å². The molecule has 2 N–H and O–H groups in total. The molecule has 0 spiro atoms. The van der Waals surface area contributed by atoms with Gasteiger partial charge < -0.3 is 15.4 Å². The smallest absolute Gasteiger partial charge is 0.388 e. The summed E-state index contributed by atoms with van der Waals surface area (Å²) in [6.07, 6.45) is 1.23. The standard InChI is InChI=1S/C14H11F4N3O2/c15-9-2-1-3-10(12(9)16)21-14(22)20-7-8-4-5-19-11(6-8)23-13(17)18/h1-6,13H,7H2,(H2,20,21,22). The first kappa shape index (κ1) is 16.5. The van der Waals surface area contributed by atoms with E-state index in [1.165, 1.54) is 30.5 Å². The fraction of sp³-hybridized carbons (Fsp3) is 0.143. The molecule has 2 aromatic rings. The number of hydrogen-bond acceptors (Lipinski definition) is 3. The van der Waals surface area contributed by atoms with E-state index >= 15 is 0 Å². The van der Waals surface area contributed by atoms with Gasteiger partial charge in [-0.05, 0) is 23.8 Å². The zero-order valence-electron chi connectivity index (χ0n) is 11.5. The molecule has 0 aliphatic carbocycles. The quantitative estimate of drug-likeness (QED) is 0.828. The van der Waals surface area contributed by atoms with Crippen LogP contribution < -0.4 is 15.4 Å². The number of hydrogen-bond donors (Lipinski definition) is 2. The van der Waals surface area contributed by atoms with Gasteiger partial charge in [0.15, 0.2) is 11.6 Å². The Morgan fingerprint density at radius 1 is 1.26 bits per heavy atom. The number of carbonyl (C=O) groups is 1. The number of rotatable bonds is 5. The Hall–Kier alpha value is -2.84. The molecule has 1 aromatic heterocycles. The maximum Gasteiger partial charge on any atom is 0.388 e. The molecule has 0 aliphatic rings. The molecule has 0 unspecified atom stereocenters. The number of nitrogens with zero attached hydrogens (tertiary/aromatic N) is 1. The summed E-state index contributed by atoms with van der Waals surface area (Å²) in [5.74, 6) is -2.57. The number of urea groups is 1. The number of halogens is 4. The van der Waals surface area contributed by atoms with Crippen LogP contribution in [0.15, 0.2) is 36.5 Å². The Balaban J connectivity index is 1.93. The SMILES string of the molecule is O=C(NCc1ccnc(OC(F)F)c1)Nc1cccc(F)c1F. The Labute approximate surface area is 128 Å². The summed E-state index contributed by atoms with van der Waals surface area (Å²) >= 11 is 0. The highest BCUT2D eigenvalue weighted by molar-refractivity contribution is 5.89. The van der Waals surface area contributed by atoms with Crippen molar-refractivity contribution in [1.82, 2.24) is 10.3 Å². The third kappa shape index (κ3) is 4.83. The van der Waals surface area contributed by atoms with E-state index in [4.69, 9.17) is 0 Å². The van der Waals surface area contributed by atoms with Crippen LogP contribution >= 0.6 is 0 Å². The van der Waals surface area contributed by atoms with Crippen LogP contribution in [0, 0.1) is 11.6 Å². The van der Waals surface area contributed by atoms with Crippen LogP contribution in [-0.2, 0) is 6.54 Å². The predicted octanol–water partition coefficient (Wildman–Crippen LogP) is 3.28. The Morgan fingerprint density at radius 3 is 2.78 bits per heavy atom. The average molecular weight is 329 g/mol. The molecule has 0 saturated carbocycles. The second-order valence-electron chi connectivity index (χ2n) is 4.29. The van der Waals surface area contributed by atoms with E-state index in [1.807, 2.05) is 0 Å². The predicted molar refractivity (Wildman–Crippen MR) is 73.1 cm³/mol. The van der Waals surface area contributed by atoms with E-state index in [0.29, 0.717) is 5.56 Å². The molecule has 2 amide bonds. The number of anilines is 1. The Kier molecular flexibility index (Phi) is 5.34. The van der Waals surface area contributed by atoms with E-state index in [2.05, 4.69) is 20.4 Å². The minimum Gasteiger partial charge on any atom is -0.417 e. The van der Waals surface area contributed by atoms with E-state index in [0.717, 1.165) is 6.07 Å². The third-order valence-electron chi connectivity index (χ3n) is 2.66. The molecule has 2 rings (SSSR count). The zero-order valence-corrected chi connectivity index (χ0v) is 11.5. The van der Waals surface area contributed by atoms with Crippen LogP contribution in [0.5, 0.6) is 5.88 Å². The fourth-order valence-corrected chi connectivity index (χ4v) is 1.67. The highest BCUT2D eigenvalue weighted by Crippen LogP contribution is 2.16. The Morgan fingerprint density at radius 2 is 2.04 bits per heavy atom. The number of alkyl halides is 2. The van der Waals surface area contributed by atoms with Crippen molar-refractivity contribution in [2.45, 2.75) is 13.2 Å². The lowest BCUT2D eigenvalue weighted by Crippen LogP contribution is -2.28. The topological polar surface area (TPSA) is 63.2 Å². The first-order valence-electron chi connectivity index (χ1n) is 6.34. The molecule has 9 heteroatoms. The highest BCUT2D eigenvalue weighted by Gasteiger charge is 2.11. The molecule has 0 saturated heterocycles. The molecule has 1 heterocycles. The largest absolute Gasteiger partial charge is 0.417 e. The van der Waals surface area contributed by atoms with Crippen LogP contribution in [0.4, 0.5) is 28.0 Å². The molecular weight excluding hydrogens is 318 g/mol. The first-order chi connectivity index (χ1) is 11.0. The van der Waals surface area contributed by atoms with E-state index < -0.39 is 24.3 Å². The molecule has 0 fully saturated rings. The van der Waals surface area contributed by atoms with Crippen molar-refractivity contribution in [1.29, 1.82) is 0 Å². The first-order valence-corrected chi connectivity index (χ1v) is 6.34. The molecule has 1 aromatic carbocycles. The molecule has 23 heavy (non-hydrogen) atoms. The van der Waals surface area contributed by atoms with Gasteiger partial charge >= 0.3 is 12.6 Å². The van der Waals surface area contributed by atoms with Gasteiger partial charge in [0.1, 0.15) is 0 Å². The van der Waals surface area contributed by atoms with Crippen molar-refractivity contribution < 1.29 is 27.1 Å². The van der Waals surface area contributed by atoms with Gasteiger partial charge in [-0.2, -0.15) is 8.78 Å². The normalized spacial score (nSPS) is 10.5. The minimum absolute atomic E-state index is 0.0507. The average Bonchev–Trinajstić information content (AvgIpc) is 2.50. The second-order valence-corrected chi connectivity index (χ2v) is 4.29. The van der Waals surface area contributed by atoms with E-state index in [9.17, 15) is 22.4 Å². The van der Waals surface area contributed by atoms with Crippen molar-refractivity contribution in [3.63, 3.8) is 0 Å². The fourth-order valence-electron chi connectivity index (χ4n) is 1.67. The number of aromatic nitrogens is 1. The van der Waals surface area contributed by atoms with Gasteiger partial charge in [-0.3, -0.25) is 0 Å². The summed E-state index contributed by atoms with van der Waals surface area (Å²) in [5.41, 5.74) is 0.115. The summed E-state index contributed by atoms with van der Waals surface area (Å²) < 4.78 is 54.7. The summed E-state index contributed by atoms with van der Waals surface area (Å²) in [6, 6.07) is 5.25. The van der Waals surface area contributed by atoms with Crippen molar-refractivity contribution in [2.24, 2.45) is 0 Å². The number of amides is 2. The lowest BCUT2D eigenvalue weighted by Gasteiger charge is -2.09.